The third-order valence-corrected chi connectivity index (χ3v) is 2.36. The van der Waals surface area contributed by atoms with Crippen LogP contribution in [-0.2, 0) is 4.79 Å². The Morgan fingerprint density at radius 1 is 1.57 bits per heavy atom. The van der Waals surface area contributed by atoms with Crippen molar-refractivity contribution in [2.75, 3.05) is 6.54 Å². The molecule has 1 atom stereocenters. The molecule has 1 amide bonds. The molecule has 1 aliphatic rings. The number of aliphatic carboxylic acids is 1. The average molecular weight is 199 g/mol. The molecule has 5 nitrogen and oxygen atoms in total. The van der Waals surface area contributed by atoms with Crippen molar-refractivity contribution >= 4 is 12.1 Å². The zero-order valence-corrected chi connectivity index (χ0v) is 7.93. The minimum absolute atomic E-state index is 0.211. The van der Waals surface area contributed by atoms with Gasteiger partial charge in [-0.05, 0) is 12.8 Å². The lowest BCUT2D eigenvalue weighted by Crippen LogP contribution is -2.47. The lowest BCUT2D eigenvalue weighted by Gasteiger charge is -2.30. The minimum atomic E-state index is -1.17. The standard InChI is InChI=1S/C9H13NO4/c1-2-6-3-4-7(8(11)12)10(5-6)9(13)14/h3,7H,2,4-5H2,1H3,(H,11,12)(H,13,14). The van der Waals surface area contributed by atoms with Crippen LogP contribution in [-0.4, -0.2) is 39.8 Å². The predicted molar refractivity (Wildman–Crippen MR) is 49.1 cm³/mol. The van der Waals surface area contributed by atoms with Crippen molar-refractivity contribution in [3.05, 3.63) is 11.6 Å². The van der Waals surface area contributed by atoms with Crippen molar-refractivity contribution in [3.63, 3.8) is 0 Å². The van der Waals surface area contributed by atoms with Crippen LogP contribution in [0.5, 0.6) is 0 Å². The Morgan fingerprint density at radius 3 is 2.64 bits per heavy atom. The third kappa shape index (κ3) is 2.04. The molecule has 5 heteroatoms. The van der Waals surface area contributed by atoms with Gasteiger partial charge in [0.05, 0.1) is 0 Å². The summed E-state index contributed by atoms with van der Waals surface area (Å²) in [6.07, 6.45) is 1.68. The van der Waals surface area contributed by atoms with E-state index in [1.165, 1.54) is 0 Å². The number of nitrogens with zero attached hydrogens (tertiary/aromatic N) is 1. The van der Waals surface area contributed by atoms with E-state index in [4.69, 9.17) is 10.2 Å². The smallest absolute Gasteiger partial charge is 0.408 e. The van der Waals surface area contributed by atoms with Gasteiger partial charge in [0.1, 0.15) is 6.04 Å². The van der Waals surface area contributed by atoms with Gasteiger partial charge >= 0.3 is 12.1 Å². The molecule has 0 bridgehead atoms. The fourth-order valence-corrected chi connectivity index (χ4v) is 1.49. The SMILES string of the molecule is CCC1=CCC(C(=O)O)N(C(=O)O)C1. The van der Waals surface area contributed by atoms with Crippen molar-refractivity contribution in [1.29, 1.82) is 0 Å². The number of carboxylic acid groups (broad SMARTS) is 2. The van der Waals surface area contributed by atoms with Crippen LogP contribution in [0.1, 0.15) is 19.8 Å². The lowest BCUT2D eigenvalue weighted by molar-refractivity contribution is -0.142. The lowest BCUT2D eigenvalue weighted by atomic mass is 10.0. The van der Waals surface area contributed by atoms with Crippen LogP contribution in [0.15, 0.2) is 11.6 Å². The first-order valence-corrected chi connectivity index (χ1v) is 4.46. The van der Waals surface area contributed by atoms with Crippen molar-refractivity contribution in [2.45, 2.75) is 25.8 Å². The van der Waals surface area contributed by atoms with E-state index in [1.54, 1.807) is 0 Å². The summed E-state index contributed by atoms with van der Waals surface area (Å²) in [6.45, 7) is 2.13. The fourth-order valence-electron chi connectivity index (χ4n) is 1.49. The third-order valence-electron chi connectivity index (χ3n) is 2.36. The van der Waals surface area contributed by atoms with Gasteiger partial charge in [-0.15, -0.1) is 0 Å². The van der Waals surface area contributed by atoms with Gasteiger partial charge in [0.25, 0.3) is 0 Å². The molecule has 1 unspecified atom stereocenters. The molecule has 0 saturated heterocycles. The molecule has 78 valence electrons. The number of hydrogen-bond acceptors (Lipinski definition) is 2. The van der Waals surface area contributed by atoms with E-state index in [9.17, 15) is 9.59 Å². The molecule has 1 heterocycles. The van der Waals surface area contributed by atoms with Gasteiger partial charge in [0, 0.05) is 6.54 Å². The van der Waals surface area contributed by atoms with Crippen LogP contribution in [0, 0.1) is 0 Å². The molecule has 0 aromatic carbocycles. The topological polar surface area (TPSA) is 77.8 Å². The highest BCUT2D eigenvalue weighted by atomic mass is 16.4. The summed E-state index contributed by atoms with van der Waals surface area (Å²) >= 11 is 0. The number of hydrogen-bond donors (Lipinski definition) is 2. The van der Waals surface area contributed by atoms with Crippen LogP contribution >= 0.6 is 0 Å². The fraction of sp³-hybridized carbons (Fsp3) is 0.556. The number of carbonyl (C=O) groups is 2. The van der Waals surface area contributed by atoms with Gasteiger partial charge in [-0.25, -0.2) is 9.59 Å². The van der Waals surface area contributed by atoms with E-state index in [-0.39, 0.29) is 13.0 Å². The maximum atomic E-state index is 10.8. The van der Waals surface area contributed by atoms with Crippen LogP contribution in [0.2, 0.25) is 0 Å². The zero-order chi connectivity index (χ0) is 10.7. The van der Waals surface area contributed by atoms with E-state index in [0.29, 0.717) is 0 Å². The van der Waals surface area contributed by atoms with Crippen molar-refractivity contribution in [1.82, 2.24) is 4.90 Å². The first-order chi connectivity index (χ1) is 6.56. The zero-order valence-electron chi connectivity index (χ0n) is 7.93. The quantitative estimate of drug-likeness (QED) is 0.654. The molecule has 0 aromatic rings. The second-order valence-electron chi connectivity index (χ2n) is 3.22. The average Bonchev–Trinajstić information content (AvgIpc) is 2.16. The van der Waals surface area contributed by atoms with E-state index >= 15 is 0 Å². The Labute approximate surface area is 81.6 Å². The van der Waals surface area contributed by atoms with Gasteiger partial charge in [-0.2, -0.15) is 0 Å². The first kappa shape index (κ1) is 10.6. The molecule has 2 N–H and O–H groups in total. The molecular weight excluding hydrogens is 186 g/mol. The molecule has 1 rings (SSSR count). The molecule has 14 heavy (non-hydrogen) atoms. The van der Waals surface area contributed by atoms with Crippen LogP contribution < -0.4 is 0 Å². The van der Waals surface area contributed by atoms with Gasteiger partial charge in [0.15, 0.2) is 0 Å². The summed E-state index contributed by atoms with van der Waals surface area (Å²) in [7, 11) is 0. The van der Waals surface area contributed by atoms with Gasteiger partial charge in [0.2, 0.25) is 0 Å². The maximum Gasteiger partial charge on any atom is 0.408 e. The van der Waals surface area contributed by atoms with E-state index in [0.717, 1.165) is 16.9 Å². The van der Waals surface area contributed by atoms with E-state index in [1.807, 2.05) is 13.0 Å². The van der Waals surface area contributed by atoms with Crippen molar-refractivity contribution in [3.8, 4) is 0 Å². The minimum Gasteiger partial charge on any atom is -0.480 e. The number of amides is 1. The summed E-state index contributed by atoms with van der Waals surface area (Å²) in [5.41, 5.74) is 0.977. The predicted octanol–water partition coefficient (Wildman–Crippen LogP) is 1.16. The van der Waals surface area contributed by atoms with Gasteiger partial charge in [-0.1, -0.05) is 18.6 Å². The summed E-state index contributed by atoms with van der Waals surface area (Å²) in [5, 5.41) is 17.6. The normalized spacial score (nSPS) is 21.6. The molecular formula is C9H13NO4. The molecule has 0 saturated carbocycles. The maximum absolute atomic E-state index is 10.8. The Morgan fingerprint density at radius 2 is 2.21 bits per heavy atom. The molecule has 1 aliphatic heterocycles. The highest BCUT2D eigenvalue weighted by Crippen LogP contribution is 2.18. The largest absolute Gasteiger partial charge is 0.480 e. The monoisotopic (exact) mass is 199 g/mol. The summed E-state index contributed by atoms with van der Waals surface area (Å²) < 4.78 is 0. The summed E-state index contributed by atoms with van der Waals surface area (Å²) in [4.78, 5) is 22.5. The first-order valence-electron chi connectivity index (χ1n) is 4.46. The number of carboxylic acids is 1. The van der Waals surface area contributed by atoms with Gasteiger partial charge < -0.3 is 10.2 Å². The molecule has 0 fully saturated rings. The highest BCUT2D eigenvalue weighted by Gasteiger charge is 2.31. The van der Waals surface area contributed by atoms with E-state index < -0.39 is 18.1 Å². The number of rotatable bonds is 2. The van der Waals surface area contributed by atoms with Crippen molar-refractivity contribution in [2.24, 2.45) is 0 Å². The Hall–Kier alpha value is -1.52. The second-order valence-corrected chi connectivity index (χ2v) is 3.22. The molecule has 0 spiro atoms. The Kier molecular flexibility index (Phi) is 3.11. The Bertz CT molecular complexity index is 285. The molecule has 0 aromatic heterocycles. The summed E-state index contributed by atoms with van der Waals surface area (Å²) in [6, 6.07) is -0.928. The van der Waals surface area contributed by atoms with Crippen LogP contribution in [0.3, 0.4) is 0 Å². The molecule has 0 radical (unpaired) electrons. The Balaban J connectivity index is 2.83. The van der Waals surface area contributed by atoms with Crippen LogP contribution in [0.25, 0.3) is 0 Å². The second kappa shape index (κ2) is 4.13. The molecule has 0 aliphatic carbocycles. The summed E-state index contributed by atoms with van der Waals surface area (Å²) in [5.74, 6) is -1.08. The van der Waals surface area contributed by atoms with Crippen molar-refractivity contribution < 1.29 is 19.8 Å². The van der Waals surface area contributed by atoms with E-state index in [2.05, 4.69) is 0 Å². The highest BCUT2D eigenvalue weighted by molar-refractivity contribution is 5.80. The van der Waals surface area contributed by atoms with Gasteiger partial charge in [-0.3, -0.25) is 4.90 Å². The van der Waals surface area contributed by atoms with Crippen LogP contribution in [0.4, 0.5) is 4.79 Å².